The van der Waals surface area contributed by atoms with E-state index >= 15 is 0 Å². The van der Waals surface area contributed by atoms with Gasteiger partial charge < -0.3 is 15.0 Å². The molecule has 0 radical (unpaired) electrons. The summed E-state index contributed by atoms with van der Waals surface area (Å²) >= 11 is 6.15. The van der Waals surface area contributed by atoms with Crippen molar-refractivity contribution in [1.82, 2.24) is 15.2 Å². The van der Waals surface area contributed by atoms with Gasteiger partial charge in [0.15, 0.2) is 0 Å². The van der Waals surface area contributed by atoms with E-state index in [4.69, 9.17) is 16.3 Å². The van der Waals surface area contributed by atoms with Crippen molar-refractivity contribution in [3.05, 3.63) is 58.9 Å². The molecule has 1 amide bonds. The number of rotatable bonds is 6. The molecule has 162 valence electrons. The second-order valence-corrected chi connectivity index (χ2v) is 9.55. The van der Waals surface area contributed by atoms with Gasteiger partial charge in [-0.25, -0.2) is 0 Å². The summed E-state index contributed by atoms with van der Waals surface area (Å²) in [7, 11) is 0. The molecule has 0 bridgehead atoms. The van der Waals surface area contributed by atoms with Crippen molar-refractivity contribution in [3.8, 4) is 5.75 Å². The summed E-state index contributed by atoms with van der Waals surface area (Å²) in [6, 6.07) is 9.83. The van der Waals surface area contributed by atoms with E-state index in [1.165, 1.54) is 5.56 Å². The second-order valence-electron chi connectivity index (χ2n) is 9.11. The van der Waals surface area contributed by atoms with Crippen LogP contribution in [0.1, 0.15) is 56.5 Å². The minimum atomic E-state index is -0.327. The first kappa shape index (κ1) is 22.6. The lowest BCUT2D eigenvalue weighted by Crippen LogP contribution is -2.44. The van der Waals surface area contributed by atoms with E-state index in [0.29, 0.717) is 22.4 Å². The van der Waals surface area contributed by atoms with Crippen LogP contribution in [0.5, 0.6) is 5.75 Å². The Hall–Kier alpha value is -2.11. The predicted molar refractivity (Wildman–Crippen MR) is 121 cm³/mol. The van der Waals surface area contributed by atoms with Crippen LogP contribution in [0.4, 0.5) is 0 Å². The van der Waals surface area contributed by atoms with Gasteiger partial charge in [0.2, 0.25) is 0 Å². The summed E-state index contributed by atoms with van der Waals surface area (Å²) in [4.78, 5) is 19.4. The SMILES string of the molecule is C[C@H](Cc1cccnc1)N1CCC(Oc2ccc(Cl)cc2C(=O)NC(C)(C)C)CC1. The number of hydrogen-bond acceptors (Lipinski definition) is 4. The van der Waals surface area contributed by atoms with Crippen molar-refractivity contribution < 1.29 is 9.53 Å². The predicted octanol–water partition coefficient (Wildman–Crippen LogP) is 4.74. The molecule has 5 nitrogen and oxygen atoms in total. The number of halogens is 1. The largest absolute Gasteiger partial charge is 0.489 e. The second kappa shape index (κ2) is 9.80. The first-order valence-corrected chi connectivity index (χ1v) is 11.0. The van der Waals surface area contributed by atoms with E-state index in [1.54, 1.807) is 18.2 Å². The van der Waals surface area contributed by atoms with Crippen molar-refractivity contribution in [2.24, 2.45) is 0 Å². The van der Waals surface area contributed by atoms with Crippen molar-refractivity contribution in [2.45, 2.75) is 64.6 Å². The highest BCUT2D eigenvalue weighted by Crippen LogP contribution is 2.27. The van der Waals surface area contributed by atoms with Crippen molar-refractivity contribution in [1.29, 1.82) is 0 Å². The highest BCUT2D eigenvalue weighted by atomic mass is 35.5. The lowest BCUT2D eigenvalue weighted by Gasteiger charge is -2.36. The van der Waals surface area contributed by atoms with Crippen LogP contribution < -0.4 is 10.1 Å². The molecule has 6 heteroatoms. The summed E-state index contributed by atoms with van der Waals surface area (Å²) in [6.45, 7) is 10.1. The molecule has 1 aliphatic heterocycles. The number of nitrogens with zero attached hydrogens (tertiary/aromatic N) is 2. The van der Waals surface area contributed by atoms with E-state index in [1.807, 2.05) is 39.2 Å². The van der Waals surface area contributed by atoms with Crippen LogP contribution in [0.2, 0.25) is 5.02 Å². The normalized spacial score (nSPS) is 16.8. The smallest absolute Gasteiger partial charge is 0.255 e. The number of pyridine rings is 1. The van der Waals surface area contributed by atoms with Crippen molar-refractivity contribution >= 4 is 17.5 Å². The van der Waals surface area contributed by atoms with Crippen LogP contribution >= 0.6 is 11.6 Å². The van der Waals surface area contributed by atoms with Crippen LogP contribution in [0.15, 0.2) is 42.7 Å². The third-order valence-electron chi connectivity index (χ3n) is 5.32. The molecule has 3 rings (SSSR count). The number of likely N-dealkylation sites (tertiary alicyclic amines) is 1. The molecule has 1 N–H and O–H groups in total. The lowest BCUT2D eigenvalue weighted by molar-refractivity contribution is 0.0772. The molecule has 2 aromatic rings. The van der Waals surface area contributed by atoms with Gasteiger partial charge in [0.1, 0.15) is 11.9 Å². The molecule has 1 fully saturated rings. The van der Waals surface area contributed by atoms with E-state index in [2.05, 4.69) is 28.2 Å². The average molecular weight is 430 g/mol. The molecule has 0 spiro atoms. The van der Waals surface area contributed by atoms with Gasteiger partial charge in [0, 0.05) is 42.1 Å². The number of ether oxygens (including phenoxy) is 1. The lowest BCUT2D eigenvalue weighted by atomic mass is 10.0. The monoisotopic (exact) mass is 429 g/mol. The number of amides is 1. The maximum atomic E-state index is 12.7. The third kappa shape index (κ3) is 6.44. The molecular formula is C24H32ClN3O2. The van der Waals surface area contributed by atoms with E-state index in [9.17, 15) is 4.79 Å². The Balaban J connectivity index is 1.59. The maximum absolute atomic E-state index is 12.7. The Morgan fingerprint density at radius 2 is 2.03 bits per heavy atom. The highest BCUT2D eigenvalue weighted by Gasteiger charge is 2.26. The number of nitrogens with one attached hydrogen (secondary N) is 1. The molecule has 1 aromatic heterocycles. The Morgan fingerprint density at radius 1 is 1.30 bits per heavy atom. The quantitative estimate of drug-likeness (QED) is 0.720. The minimum absolute atomic E-state index is 0.0919. The van der Waals surface area contributed by atoms with Gasteiger partial charge in [-0.05, 0) is 76.8 Å². The molecule has 0 aliphatic carbocycles. The molecular weight excluding hydrogens is 398 g/mol. The van der Waals surface area contributed by atoms with Crippen LogP contribution in [0.3, 0.4) is 0 Å². The van der Waals surface area contributed by atoms with Crippen molar-refractivity contribution in [3.63, 3.8) is 0 Å². The van der Waals surface area contributed by atoms with Gasteiger partial charge in [-0.2, -0.15) is 0 Å². The fourth-order valence-corrected chi connectivity index (χ4v) is 3.97. The first-order valence-electron chi connectivity index (χ1n) is 10.6. The minimum Gasteiger partial charge on any atom is -0.489 e. The molecule has 0 unspecified atom stereocenters. The van der Waals surface area contributed by atoms with Crippen LogP contribution in [-0.4, -0.2) is 46.6 Å². The summed E-state index contributed by atoms with van der Waals surface area (Å²) in [5, 5.41) is 3.52. The molecule has 1 saturated heterocycles. The van der Waals surface area contributed by atoms with Crippen LogP contribution in [0, 0.1) is 0 Å². The van der Waals surface area contributed by atoms with Gasteiger partial charge in [0.05, 0.1) is 5.56 Å². The molecule has 30 heavy (non-hydrogen) atoms. The summed E-state index contributed by atoms with van der Waals surface area (Å²) in [6.07, 6.45) is 6.70. The number of hydrogen-bond donors (Lipinski definition) is 1. The molecule has 1 aromatic carbocycles. The summed E-state index contributed by atoms with van der Waals surface area (Å²) < 4.78 is 6.27. The maximum Gasteiger partial charge on any atom is 0.255 e. The zero-order valence-corrected chi connectivity index (χ0v) is 19.1. The zero-order valence-electron chi connectivity index (χ0n) is 18.3. The van der Waals surface area contributed by atoms with Gasteiger partial charge in [-0.15, -0.1) is 0 Å². The van der Waals surface area contributed by atoms with E-state index in [-0.39, 0.29) is 17.6 Å². The van der Waals surface area contributed by atoms with Crippen molar-refractivity contribution in [2.75, 3.05) is 13.1 Å². The van der Waals surface area contributed by atoms with E-state index in [0.717, 1.165) is 32.4 Å². The number of aromatic nitrogens is 1. The standard InChI is InChI=1S/C24H32ClN3O2/c1-17(14-18-6-5-11-26-16-18)28-12-9-20(10-13-28)30-22-8-7-19(25)15-21(22)23(29)27-24(2,3)4/h5-8,11,15-17,20H,9-10,12-14H2,1-4H3,(H,27,29)/t17-/m1/s1. The van der Waals surface area contributed by atoms with Gasteiger partial charge in [-0.3, -0.25) is 9.78 Å². The van der Waals surface area contributed by atoms with Gasteiger partial charge in [0.25, 0.3) is 5.91 Å². The van der Waals surface area contributed by atoms with Gasteiger partial charge >= 0.3 is 0 Å². The Labute approximate surface area is 184 Å². The summed E-state index contributed by atoms with van der Waals surface area (Å²) in [5.74, 6) is 0.436. The summed E-state index contributed by atoms with van der Waals surface area (Å²) in [5.41, 5.74) is 1.43. The zero-order chi connectivity index (χ0) is 21.7. The number of carbonyl (C=O) groups is 1. The average Bonchev–Trinajstić information content (AvgIpc) is 2.69. The highest BCUT2D eigenvalue weighted by molar-refractivity contribution is 6.31. The van der Waals surface area contributed by atoms with E-state index < -0.39 is 0 Å². The number of piperidine rings is 1. The fourth-order valence-electron chi connectivity index (χ4n) is 3.79. The third-order valence-corrected chi connectivity index (χ3v) is 5.56. The molecule has 1 atom stereocenters. The Morgan fingerprint density at radius 3 is 2.67 bits per heavy atom. The fraction of sp³-hybridized carbons (Fsp3) is 0.500. The van der Waals surface area contributed by atoms with Crippen LogP contribution in [-0.2, 0) is 6.42 Å². The number of benzene rings is 1. The molecule has 2 heterocycles. The molecule has 1 aliphatic rings. The molecule has 0 saturated carbocycles. The van der Waals surface area contributed by atoms with Crippen LogP contribution in [0.25, 0.3) is 0 Å². The first-order chi connectivity index (χ1) is 14.2. The van der Waals surface area contributed by atoms with Gasteiger partial charge in [-0.1, -0.05) is 17.7 Å². The number of carbonyl (C=O) groups excluding carboxylic acids is 1. The topological polar surface area (TPSA) is 54.5 Å². The Kier molecular flexibility index (Phi) is 7.37. The Bertz CT molecular complexity index is 843.